The maximum absolute atomic E-state index is 13.9. The van der Waals surface area contributed by atoms with E-state index in [0.717, 1.165) is 58.7 Å². The SMILES string of the molecule is COc1ccc(/C=C2/CCCC3=C2N=c2s/c(=C/c4ccc([N+](=O)[O-])cc4)c(=O)n2C3c2ccc(OC)cc2)cc1. The van der Waals surface area contributed by atoms with E-state index in [0.29, 0.717) is 14.9 Å². The van der Waals surface area contributed by atoms with E-state index in [4.69, 9.17) is 14.5 Å². The molecule has 1 atom stereocenters. The van der Waals surface area contributed by atoms with E-state index in [1.54, 1.807) is 37.0 Å². The van der Waals surface area contributed by atoms with Crippen LogP contribution in [-0.4, -0.2) is 23.7 Å². The number of aromatic nitrogens is 1. The minimum Gasteiger partial charge on any atom is -0.497 e. The first-order valence-electron chi connectivity index (χ1n) is 13.2. The fourth-order valence-electron chi connectivity index (χ4n) is 5.39. The van der Waals surface area contributed by atoms with Gasteiger partial charge in [0.05, 0.1) is 35.4 Å². The molecule has 2 aliphatic rings. The van der Waals surface area contributed by atoms with Crippen molar-refractivity contribution in [3.63, 3.8) is 0 Å². The van der Waals surface area contributed by atoms with Crippen molar-refractivity contribution in [2.75, 3.05) is 14.2 Å². The monoisotopic (exact) mass is 565 g/mol. The van der Waals surface area contributed by atoms with Gasteiger partial charge in [0.2, 0.25) is 0 Å². The van der Waals surface area contributed by atoms with Crippen LogP contribution in [0, 0.1) is 10.1 Å². The van der Waals surface area contributed by atoms with Gasteiger partial charge in [0, 0.05) is 12.1 Å². The number of fused-ring (bicyclic) bond motifs is 1. The van der Waals surface area contributed by atoms with Crippen LogP contribution in [-0.2, 0) is 0 Å². The number of non-ortho nitro benzene ring substituents is 1. The van der Waals surface area contributed by atoms with E-state index in [-0.39, 0.29) is 17.3 Å². The molecule has 0 saturated carbocycles. The largest absolute Gasteiger partial charge is 0.497 e. The number of benzene rings is 3. The molecule has 0 spiro atoms. The highest BCUT2D eigenvalue weighted by atomic mass is 32.1. The molecule has 0 fully saturated rings. The zero-order chi connectivity index (χ0) is 28.5. The Morgan fingerprint density at radius 3 is 2.15 bits per heavy atom. The Balaban J connectivity index is 1.52. The van der Waals surface area contributed by atoms with E-state index in [1.807, 2.05) is 48.5 Å². The van der Waals surface area contributed by atoms with Crippen molar-refractivity contribution in [1.29, 1.82) is 0 Å². The van der Waals surface area contributed by atoms with Gasteiger partial charge in [-0.05, 0) is 95.6 Å². The van der Waals surface area contributed by atoms with Crippen LogP contribution >= 0.6 is 11.3 Å². The zero-order valence-corrected chi connectivity index (χ0v) is 23.4. The molecule has 2 heterocycles. The quantitative estimate of drug-likeness (QED) is 0.230. The molecule has 1 aromatic heterocycles. The predicted molar refractivity (Wildman–Crippen MR) is 159 cm³/mol. The lowest BCUT2D eigenvalue weighted by atomic mass is 9.84. The van der Waals surface area contributed by atoms with Crippen LogP contribution in [0.3, 0.4) is 0 Å². The Morgan fingerprint density at radius 2 is 1.51 bits per heavy atom. The molecule has 0 bridgehead atoms. The summed E-state index contributed by atoms with van der Waals surface area (Å²) in [5.74, 6) is 1.55. The molecule has 4 aromatic rings. The number of thiazole rings is 1. The van der Waals surface area contributed by atoms with E-state index >= 15 is 0 Å². The lowest BCUT2D eigenvalue weighted by Gasteiger charge is -2.31. The van der Waals surface area contributed by atoms with Gasteiger partial charge in [-0.2, -0.15) is 0 Å². The third-order valence-electron chi connectivity index (χ3n) is 7.42. The lowest BCUT2D eigenvalue weighted by molar-refractivity contribution is -0.384. The molecule has 0 saturated heterocycles. The molecule has 0 N–H and O–H groups in total. The average Bonchev–Trinajstić information content (AvgIpc) is 3.31. The number of nitrogens with zero attached hydrogens (tertiary/aromatic N) is 3. The van der Waals surface area contributed by atoms with Crippen LogP contribution in [0.15, 0.2) is 99.4 Å². The molecule has 0 radical (unpaired) electrons. The van der Waals surface area contributed by atoms with Crippen LogP contribution in [0.1, 0.15) is 42.0 Å². The van der Waals surface area contributed by atoms with Crippen molar-refractivity contribution in [3.8, 4) is 11.5 Å². The van der Waals surface area contributed by atoms with Crippen LogP contribution in [0.2, 0.25) is 0 Å². The van der Waals surface area contributed by atoms with Gasteiger partial charge < -0.3 is 9.47 Å². The van der Waals surface area contributed by atoms with E-state index in [9.17, 15) is 14.9 Å². The Kier molecular flexibility index (Phi) is 7.11. The molecule has 1 aliphatic heterocycles. The third kappa shape index (κ3) is 5.12. The molecule has 1 aliphatic carbocycles. The summed E-state index contributed by atoms with van der Waals surface area (Å²) in [5.41, 5.74) is 5.84. The lowest BCUT2D eigenvalue weighted by Crippen LogP contribution is -2.39. The Bertz CT molecular complexity index is 1870. The summed E-state index contributed by atoms with van der Waals surface area (Å²) >= 11 is 1.33. The molecule has 3 aromatic carbocycles. The number of nitro groups is 1. The fraction of sp³-hybridized carbons (Fsp3) is 0.188. The zero-order valence-electron chi connectivity index (χ0n) is 22.6. The van der Waals surface area contributed by atoms with Crippen molar-refractivity contribution in [1.82, 2.24) is 4.57 Å². The van der Waals surface area contributed by atoms with Crippen molar-refractivity contribution in [3.05, 3.63) is 136 Å². The summed E-state index contributed by atoms with van der Waals surface area (Å²) in [6.07, 6.45) is 6.63. The van der Waals surface area contributed by atoms with Crippen molar-refractivity contribution in [2.45, 2.75) is 25.3 Å². The summed E-state index contributed by atoms with van der Waals surface area (Å²) < 4.78 is 13.0. The summed E-state index contributed by atoms with van der Waals surface area (Å²) in [6, 6.07) is 21.7. The van der Waals surface area contributed by atoms with Gasteiger partial charge in [-0.25, -0.2) is 4.99 Å². The number of nitro benzene ring substituents is 1. The first-order valence-corrected chi connectivity index (χ1v) is 14.0. The van der Waals surface area contributed by atoms with Gasteiger partial charge in [-0.1, -0.05) is 35.6 Å². The number of ether oxygens (including phenoxy) is 2. The van der Waals surface area contributed by atoms with Crippen LogP contribution < -0.4 is 24.4 Å². The third-order valence-corrected chi connectivity index (χ3v) is 8.41. The van der Waals surface area contributed by atoms with Gasteiger partial charge >= 0.3 is 0 Å². The van der Waals surface area contributed by atoms with Crippen molar-refractivity contribution < 1.29 is 14.4 Å². The molecule has 0 amide bonds. The molecule has 9 heteroatoms. The highest BCUT2D eigenvalue weighted by Gasteiger charge is 2.32. The van der Waals surface area contributed by atoms with Gasteiger partial charge in [-0.3, -0.25) is 19.5 Å². The van der Waals surface area contributed by atoms with Gasteiger partial charge in [0.25, 0.3) is 11.2 Å². The Hall–Kier alpha value is -4.76. The van der Waals surface area contributed by atoms with Crippen LogP contribution in [0.25, 0.3) is 12.2 Å². The van der Waals surface area contributed by atoms with Crippen molar-refractivity contribution >= 4 is 29.2 Å². The van der Waals surface area contributed by atoms with Gasteiger partial charge in [0.15, 0.2) is 4.80 Å². The molecule has 1 unspecified atom stereocenters. The average molecular weight is 566 g/mol. The topological polar surface area (TPSA) is 96.0 Å². The number of allylic oxidation sites excluding steroid dienone is 2. The molecule has 6 rings (SSSR count). The van der Waals surface area contributed by atoms with Crippen molar-refractivity contribution in [2.24, 2.45) is 4.99 Å². The first-order chi connectivity index (χ1) is 19.9. The second-order valence-electron chi connectivity index (χ2n) is 9.87. The van der Waals surface area contributed by atoms with Gasteiger partial charge in [-0.15, -0.1) is 0 Å². The summed E-state index contributed by atoms with van der Waals surface area (Å²) in [7, 11) is 3.29. The minimum atomic E-state index is -0.436. The van der Waals surface area contributed by atoms with E-state index < -0.39 is 4.92 Å². The second-order valence-corrected chi connectivity index (χ2v) is 10.9. The Morgan fingerprint density at radius 1 is 0.902 bits per heavy atom. The smallest absolute Gasteiger partial charge is 0.271 e. The number of hydrogen-bond donors (Lipinski definition) is 0. The number of hydrogen-bond acceptors (Lipinski definition) is 7. The number of methoxy groups -OCH3 is 2. The normalized spacial score (nSPS) is 17.6. The highest BCUT2D eigenvalue weighted by molar-refractivity contribution is 7.07. The van der Waals surface area contributed by atoms with E-state index in [1.165, 1.54) is 23.5 Å². The maximum atomic E-state index is 13.9. The Labute approximate surface area is 240 Å². The molecular formula is C32H27N3O5S. The summed E-state index contributed by atoms with van der Waals surface area (Å²) in [6.45, 7) is 0. The molecule has 8 nitrogen and oxygen atoms in total. The van der Waals surface area contributed by atoms with Gasteiger partial charge in [0.1, 0.15) is 11.5 Å². The predicted octanol–water partition coefficient (Wildman–Crippen LogP) is 5.41. The second kappa shape index (κ2) is 11.0. The number of rotatable bonds is 6. The van der Waals surface area contributed by atoms with Crippen LogP contribution in [0.5, 0.6) is 11.5 Å². The van der Waals surface area contributed by atoms with Crippen LogP contribution in [0.4, 0.5) is 5.69 Å². The molecule has 41 heavy (non-hydrogen) atoms. The standard InChI is InChI=1S/C32H27N3O5S/c1-39-25-14-8-20(9-15-25)18-23-4-3-5-27-29(23)33-32-34(30(27)22-10-16-26(40-2)17-11-22)31(36)28(41-32)19-21-6-12-24(13-7-21)35(37)38/h6-19,30H,3-5H2,1-2H3/b23-18-,28-19+. The summed E-state index contributed by atoms with van der Waals surface area (Å²) in [4.78, 5) is 30.3. The molecule has 206 valence electrons. The molecular weight excluding hydrogens is 538 g/mol. The maximum Gasteiger partial charge on any atom is 0.271 e. The summed E-state index contributed by atoms with van der Waals surface area (Å²) in [5, 5.41) is 11.1. The fourth-order valence-corrected chi connectivity index (χ4v) is 6.39. The first kappa shape index (κ1) is 26.5. The minimum absolute atomic E-state index is 0.00645. The van der Waals surface area contributed by atoms with E-state index in [2.05, 4.69) is 6.08 Å². The highest BCUT2D eigenvalue weighted by Crippen LogP contribution is 2.41.